The molecular weight excluding hydrogens is 226 g/mol. The molecule has 0 aromatic carbocycles. The van der Waals surface area contributed by atoms with Crippen molar-refractivity contribution in [1.29, 1.82) is 0 Å². The molecule has 1 fully saturated rings. The van der Waals surface area contributed by atoms with Crippen LogP contribution in [0.3, 0.4) is 0 Å². The van der Waals surface area contributed by atoms with Crippen molar-refractivity contribution >= 4 is 17.5 Å². The highest BCUT2D eigenvalue weighted by Crippen LogP contribution is 2.48. The fourth-order valence-electron chi connectivity index (χ4n) is 1.70. The van der Waals surface area contributed by atoms with Gasteiger partial charge in [-0.05, 0) is 24.7 Å². The summed E-state index contributed by atoms with van der Waals surface area (Å²) >= 11 is 5.78. The Labute approximate surface area is 100 Å². The van der Waals surface area contributed by atoms with E-state index in [0.29, 0.717) is 17.2 Å². The maximum absolute atomic E-state index is 5.78. The van der Waals surface area contributed by atoms with E-state index in [-0.39, 0.29) is 0 Å². The molecule has 0 bridgehead atoms. The van der Waals surface area contributed by atoms with Crippen molar-refractivity contribution in [3.05, 3.63) is 12.3 Å². The minimum Gasteiger partial charge on any atom is -0.481 e. The minimum atomic E-state index is 0.383. The van der Waals surface area contributed by atoms with Crippen molar-refractivity contribution in [2.75, 3.05) is 24.9 Å². The number of ether oxygens (including phenoxy) is 1. The smallest absolute Gasteiger partial charge is 0.225 e. The number of methoxy groups -OCH3 is 1. The Kier molecular flexibility index (Phi) is 3.49. The molecular formula is C11H16ClN3O. The van der Waals surface area contributed by atoms with Crippen molar-refractivity contribution in [1.82, 2.24) is 9.97 Å². The third-order valence-corrected chi connectivity index (χ3v) is 3.23. The second kappa shape index (κ2) is 4.87. The topological polar surface area (TPSA) is 47.0 Å². The first-order chi connectivity index (χ1) is 7.78. The molecule has 2 rings (SSSR count). The maximum atomic E-state index is 5.78. The number of halogens is 1. The SMILES string of the molecule is COc1ccnc(NCC2(CCCl)CC2)n1. The number of rotatable bonds is 6. The van der Waals surface area contributed by atoms with Crippen LogP contribution in [0.4, 0.5) is 5.95 Å². The highest BCUT2D eigenvalue weighted by molar-refractivity contribution is 6.17. The molecule has 1 aromatic rings. The van der Waals surface area contributed by atoms with Crippen molar-refractivity contribution in [2.24, 2.45) is 5.41 Å². The number of hydrogen-bond donors (Lipinski definition) is 1. The van der Waals surface area contributed by atoms with Gasteiger partial charge in [0.25, 0.3) is 0 Å². The van der Waals surface area contributed by atoms with Gasteiger partial charge in [-0.25, -0.2) is 4.98 Å². The van der Waals surface area contributed by atoms with E-state index < -0.39 is 0 Å². The summed E-state index contributed by atoms with van der Waals surface area (Å²) in [4.78, 5) is 8.35. The lowest BCUT2D eigenvalue weighted by Crippen LogP contribution is -2.17. The zero-order valence-corrected chi connectivity index (χ0v) is 10.1. The van der Waals surface area contributed by atoms with Crippen molar-refractivity contribution in [3.8, 4) is 5.88 Å². The summed E-state index contributed by atoms with van der Waals surface area (Å²) in [7, 11) is 1.60. The summed E-state index contributed by atoms with van der Waals surface area (Å²) in [5.41, 5.74) is 0.383. The zero-order chi connectivity index (χ0) is 11.4. The zero-order valence-electron chi connectivity index (χ0n) is 9.37. The van der Waals surface area contributed by atoms with Crippen LogP contribution in [0.1, 0.15) is 19.3 Å². The summed E-state index contributed by atoms with van der Waals surface area (Å²) in [6.07, 6.45) is 5.24. The molecule has 1 aliphatic rings. The predicted octanol–water partition coefficient (Wildman–Crippen LogP) is 2.31. The number of anilines is 1. The van der Waals surface area contributed by atoms with E-state index in [2.05, 4.69) is 15.3 Å². The summed E-state index contributed by atoms with van der Waals surface area (Å²) in [5.74, 6) is 1.93. The van der Waals surface area contributed by atoms with E-state index in [1.165, 1.54) is 12.8 Å². The highest BCUT2D eigenvalue weighted by atomic mass is 35.5. The lowest BCUT2D eigenvalue weighted by molar-refractivity contribution is 0.397. The van der Waals surface area contributed by atoms with Gasteiger partial charge in [-0.15, -0.1) is 11.6 Å². The fourth-order valence-corrected chi connectivity index (χ4v) is 2.10. The van der Waals surface area contributed by atoms with E-state index in [4.69, 9.17) is 16.3 Å². The molecule has 1 N–H and O–H groups in total. The van der Waals surface area contributed by atoms with E-state index in [1.807, 2.05) is 0 Å². The quantitative estimate of drug-likeness (QED) is 0.777. The van der Waals surface area contributed by atoms with Crippen molar-refractivity contribution < 1.29 is 4.74 Å². The molecule has 88 valence electrons. The van der Waals surface area contributed by atoms with Crippen LogP contribution in [0.5, 0.6) is 5.88 Å². The van der Waals surface area contributed by atoms with Gasteiger partial charge in [0.2, 0.25) is 11.8 Å². The average Bonchev–Trinajstić information content (AvgIpc) is 3.08. The fraction of sp³-hybridized carbons (Fsp3) is 0.636. The van der Waals surface area contributed by atoms with Gasteiger partial charge in [-0.1, -0.05) is 0 Å². The molecule has 1 heterocycles. The third-order valence-electron chi connectivity index (χ3n) is 3.04. The van der Waals surface area contributed by atoms with Gasteiger partial charge < -0.3 is 10.1 Å². The molecule has 16 heavy (non-hydrogen) atoms. The van der Waals surface area contributed by atoms with E-state index in [9.17, 15) is 0 Å². The molecule has 1 aromatic heterocycles. The van der Waals surface area contributed by atoms with Crippen molar-refractivity contribution in [2.45, 2.75) is 19.3 Å². The second-order valence-electron chi connectivity index (χ2n) is 4.22. The molecule has 1 aliphatic carbocycles. The monoisotopic (exact) mass is 241 g/mol. The predicted molar refractivity (Wildman–Crippen MR) is 64.1 cm³/mol. The van der Waals surface area contributed by atoms with Crippen LogP contribution in [-0.2, 0) is 0 Å². The molecule has 0 unspecified atom stereocenters. The molecule has 1 saturated carbocycles. The van der Waals surface area contributed by atoms with Crippen molar-refractivity contribution in [3.63, 3.8) is 0 Å². The van der Waals surface area contributed by atoms with Gasteiger partial charge in [0.15, 0.2) is 0 Å². The Hall–Kier alpha value is -1.03. The van der Waals surface area contributed by atoms with Crippen LogP contribution in [0.15, 0.2) is 12.3 Å². The first-order valence-electron chi connectivity index (χ1n) is 5.45. The first-order valence-corrected chi connectivity index (χ1v) is 5.98. The van der Waals surface area contributed by atoms with Gasteiger partial charge >= 0.3 is 0 Å². The maximum Gasteiger partial charge on any atom is 0.225 e. The highest BCUT2D eigenvalue weighted by Gasteiger charge is 2.41. The van der Waals surface area contributed by atoms with Crippen LogP contribution in [0.25, 0.3) is 0 Å². The number of aromatic nitrogens is 2. The summed E-state index contributed by atoms with van der Waals surface area (Å²) in [6, 6.07) is 1.73. The molecule has 0 radical (unpaired) electrons. The molecule has 0 aliphatic heterocycles. The molecule has 0 amide bonds. The lowest BCUT2D eigenvalue weighted by Gasteiger charge is -2.14. The number of alkyl halides is 1. The average molecular weight is 242 g/mol. The molecule has 5 heteroatoms. The number of hydrogen-bond acceptors (Lipinski definition) is 4. The van der Waals surface area contributed by atoms with Crippen LogP contribution in [-0.4, -0.2) is 29.5 Å². The minimum absolute atomic E-state index is 0.383. The van der Waals surface area contributed by atoms with Gasteiger partial charge in [0, 0.05) is 24.7 Å². The van der Waals surface area contributed by atoms with Gasteiger partial charge in [0.05, 0.1) is 7.11 Å². The normalized spacial score (nSPS) is 16.9. The third kappa shape index (κ3) is 2.76. The molecule has 0 atom stereocenters. The summed E-state index contributed by atoms with van der Waals surface area (Å²) in [6.45, 7) is 0.896. The second-order valence-corrected chi connectivity index (χ2v) is 4.59. The molecule has 0 spiro atoms. The van der Waals surface area contributed by atoms with Crippen LogP contribution in [0, 0.1) is 5.41 Å². The van der Waals surface area contributed by atoms with Gasteiger partial charge in [-0.2, -0.15) is 4.98 Å². The number of nitrogens with zero attached hydrogens (tertiary/aromatic N) is 2. The summed E-state index contributed by atoms with van der Waals surface area (Å²) < 4.78 is 5.04. The molecule has 0 saturated heterocycles. The Morgan fingerprint density at radius 3 is 3.00 bits per heavy atom. The van der Waals surface area contributed by atoms with Gasteiger partial charge in [0.1, 0.15) is 0 Å². The Morgan fingerprint density at radius 1 is 1.56 bits per heavy atom. The van der Waals surface area contributed by atoms with E-state index in [1.54, 1.807) is 19.4 Å². The van der Waals surface area contributed by atoms with E-state index in [0.717, 1.165) is 18.8 Å². The Morgan fingerprint density at radius 2 is 2.38 bits per heavy atom. The molecule has 4 nitrogen and oxygen atoms in total. The first kappa shape index (κ1) is 11.5. The van der Waals surface area contributed by atoms with Crippen LogP contribution < -0.4 is 10.1 Å². The summed E-state index contributed by atoms with van der Waals surface area (Å²) in [5, 5.41) is 3.25. The standard InChI is InChI=1S/C11H16ClN3O/c1-16-9-2-7-13-10(15-9)14-8-11(3-4-11)5-6-12/h2,7H,3-6,8H2,1H3,(H,13,14,15). The van der Waals surface area contributed by atoms with Crippen LogP contribution >= 0.6 is 11.6 Å². The largest absolute Gasteiger partial charge is 0.481 e. The lowest BCUT2D eigenvalue weighted by atomic mass is 10.0. The van der Waals surface area contributed by atoms with Gasteiger partial charge in [-0.3, -0.25) is 0 Å². The number of nitrogens with one attached hydrogen (secondary N) is 1. The van der Waals surface area contributed by atoms with E-state index >= 15 is 0 Å². The van der Waals surface area contributed by atoms with Crippen LogP contribution in [0.2, 0.25) is 0 Å². The Balaban J connectivity index is 1.89. The Bertz CT molecular complexity index is 355.